The maximum atomic E-state index is 12.4. The van der Waals surface area contributed by atoms with Gasteiger partial charge in [-0.15, -0.1) is 5.73 Å². The molecule has 0 bridgehead atoms. The lowest BCUT2D eigenvalue weighted by Crippen LogP contribution is -2.46. The van der Waals surface area contributed by atoms with Crippen LogP contribution in [0.4, 0.5) is 4.79 Å². The molecule has 0 saturated heterocycles. The molecule has 0 radical (unpaired) electrons. The number of nitrogens with zero attached hydrogens (tertiary/aromatic N) is 2. The Morgan fingerprint density at radius 3 is 2.59 bits per heavy atom. The van der Waals surface area contributed by atoms with Crippen molar-refractivity contribution in [1.29, 1.82) is 5.26 Å². The van der Waals surface area contributed by atoms with Crippen molar-refractivity contribution in [2.24, 2.45) is 0 Å². The number of hydrogen-bond acceptors (Lipinski definition) is 5. The first-order valence-corrected chi connectivity index (χ1v) is 10.5. The zero-order valence-electron chi connectivity index (χ0n) is 19.1. The van der Waals surface area contributed by atoms with Crippen molar-refractivity contribution >= 4 is 13.9 Å². The summed E-state index contributed by atoms with van der Waals surface area (Å²) >= 11 is 0. The molecule has 6 nitrogen and oxygen atoms in total. The molecule has 1 amide bonds. The van der Waals surface area contributed by atoms with E-state index in [1.54, 1.807) is 0 Å². The highest BCUT2D eigenvalue weighted by Gasteiger charge is 2.22. The lowest BCUT2D eigenvalue weighted by molar-refractivity contribution is 0.0492. The van der Waals surface area contributed by atoms with Gasteiger partial charge in [-0.25, -0.2) is 4.79 Å². The number of carbonyl (C=O) groups is 1. The molecule has 0 aromatic rings. The number of nitriles is 1. The van der Waals surface area contributed by atoms with Crippen molar-refractivity contribution in [2.75, 3.05) is 26.2 Å². The van der Waals surface area contributed by atoms with E-state index in [1.807, 2.05) is 20.8 Å². The molecule has 0 aliphatic heterocycles. The molecule has 0 rings (SSSR count). The molecule has 0 aromatic carbocycles. The predicted molar refractivity (Wildman–Crippen MR) is 122 cm³/mol. The van der Waals surface area contributed by atoms with Crippen LogP contribution in [-0.2, 0) is 4.74 Å². The highest BCUT2D eigenvalue weighted by Crippen LogP contribution is 2.15. The summed E-state index contributed by atoms with van der Waals surface area (Å²) in [5.74, 6) is 0. The summed E-state index contributed by atoms with van der Waals surface area (Å²) in [6.07, 6.45) is 4.02. The van der Waals surface area contributed by atoms with Gasteiger partial charge in [0.2, 0.25) is 0 Å². The molecule has 162 valence electrons. The zero-order chi connectivity index (χ0) is 22.3. The van der Waals surface area contributed by atoms with Crippen LogP contribution in [0, 0.1) is 11.3 Å². The molecule has 0 fully saturated rings. The molecular formula is C22H39BN4O2. The second-order valence-electron chi connectivity index (χ2n) is 8.18. The quantitative estimate of drug-likeness (QED) is 0.153. The molecular weight excluding hydrogens is 363 g/mol. The lowest BCUT2D eigenvalue weighted by Gasteiger charge is -2.32. The van der Waals surface area contributed by atoms with Crippen LogP contribution < -0.4 is 10.6 Å². The van der Waals surface area contributed by atoms with Gasteiger partial charge in [-0.1, -0.05) is 32.1 Å². The van der Waals surface area contributed by atoms with Gasteiger partial charge in [-0.2, -0.15) is 5.26 Å². The van der Waals surface area contributed by atoms with Crippen LogP contribution in [0.15, 0.2) is 30.2 Å². The van der Waals surface area contributed by atoms with Gasteiger partial charge in [0.15, 0.2) is 0 Å². The Morgan fingerprint density at radius 2 is 2.07 bits per heavy atom. The van der Waals surface area contributed by atoms with E-state index in [2.05, 4.69) is 55.3 Å². The summed E-state index contributed by atoms with van der Waals surface area (Å²) in [6.45, 7) is 18.1. The summed E-state index contributed by atoms with van der Waals surface area (Å²) in [5, 5.41) is 14.7. The number of hydrogen-bond donors (Lipinski definition) is 2. The van der Waals surface area contributed by atoms with Crippen molar-refractivity contribution < 1.29 is 9.53 Å². The fourth-order valence-corrected chi connectivity index (χ4v) is 3.00. The van der Waals surface area contributed by atoms with Crippen LogP contribution in [-0.4, -0.2) is 56.7 Å². The number of nitrogens with one attached hydrogen (secondary N) is 2. The third kappa shape index (κ3) is 13.6. The van der Waals surface area contributed by atoms with Gasteiger partial charge in [0, 0.05) is 24.8 Å². The van der Waals surface area contributed by atoms with Crippen LogP contribution in [0.1, 0.15) is 53.4 Å². The smallest absolute Gasteiger partial charge is 0.407 e. The summed E-state index contributed by atoms with van der Waals surface area (Å²) in [6, 6.07) is 1.97. The van der Waals surface area contributed by atoms with E-state index < -0.39 is 11.7 Å². The second-order valence-corrected chi connectivity index (χ2v) is 8.18. The van der Waals surface area contributed by atoms with Gasteiger partial charge in [-0.3, -0.25) is 0 Å². The summed E-state index contributed by atoms with van der Waals surface area (Å²) < 4.78 is 5.45. The van der Waals surface area contributed by atoms with Gasteiger partial charge >= 0.3 is 6.09 Å². The van der Waals surface area contributed by atoms with E-state index in [1.165, 1.54) is 0 Å². The molecule has 1 atom stereocenters. The molecule has 0 aliphatic carbocycles. The Labute approximate surface area is 178 Å². The minimum atomic E-state index is -0.548. The molecule has 2 N–H and O–H groups in total. The maximum absolute atomic E-state index is 12.4. The van der Waals surface area contributed by atoms with E-state index >= 15 is 0 Å². The largest absolute Gasteiger partial charge is 0.444 e. The second kappa shape index (κ2) is 14.8. The topological polar surface area (TPSA) is 77.4 Å². The van der Waals surface area contributed by atoms with Gasteiger partial charge in [0.25, 0.3) is 0 Å². The average molecular weight is 402 g/mol. The first-order chi connectivity index (χ1) is 13.7. The highest BCUT2D eigenvalue weighted by atomic mass is 16.6. The van der Waals surface area contributed by atoms with Crippen LogP contribution in [0.2, 0.25) is 6.32 Å². The minimum absolute atomic E-state index is 0.0990. The first-order valence-electron chi connectivity index (χ1n) is 10.5. The van der Waals surface area contributed by atoms with Crippen molar-refractivity contribution in [2.45, 2.75) is 71.3 Å². The Hall–Kier alpha value is -2.16. The van der Waals surface area contributed by atoms with E-state index in [9.17, 15) is 4.79 Å². The van der Waals surface area contributed by atoms with Crippen molar-refractivity contribution in [3.05, 3.63) is 30.2 Å². The van der Waals surface area contributed by atoms with Crippen LogP contribution in [0.3, 0.4) is 0 Å². The number of carbonyl (C=O) groups excluding carboxylic acids is 1. The summed E-state index contributed by atoms with van der Waals surface area (Å²) in [7, 11) is 2.07. The Balaban J connectivity index is 5.23. The number of allylic oxidation sites excluding steroid dienone is 1. The molecule has 7 heteroatoms. The van der Waals surface area contributed by atoms with E-state index in [-0.39, 0.29) is 6.04 Å². The Bertz CT molecular complexity index is 601. The van der Waals surface area contributed by atoms with Crippen molar-refractivity contribution in [3.63, 3.8) is 0 Å². The molecule has 0 aliphatic rings. The van der Waals surface area contributed by atoms with E-state index in [4.69, 9.17) is 10.00 Å². The third-order valence-corrected chi connectivity index (χ3v) is 4.21. The fourth-order valence-electron chi connectivity index (χ4n) is 3.00. The standard InChI is InChI=1S/C22H39BN4O2/c1-7-10-18(3)16-27(20(8-2)15-23)17-19(11-9-13-25-14-12-24)26-21(28)29-22(4,5)6/h19,25H,2-3,7,9-11,13-17,23H2,1,4-6H3,(H,26,28). The van der Waals surface area contributed by atoms with Gasteiger partial charge < -0.3 is 20.3 Å². The van der Waals surface area contributed by atoms with Crippen LogP contribution >= 0.6 is 0 Å². The number of ether oxygens (including phenoxy) is 1. The summed E-state index contributed by atoms with van der Waals surface area (Å²) in [4.78, 5) is 14.6. The fraction of sp³-hybridized carbons (Fsp3) is 0.682. The van der Waals surface area contributed by atoms with Gasteiger partial charge in [0.1, 0.15) is 13.4 Å². The number of amides is 1. The normalized spacial score (nSPS) is 11.7. The maximum Gasteiger partial charge on any atom is 0.407 e. The lowest BCUT2D eigenvalue weighted by atomic mass is 9.99. The highest BCUT2D eigenvalue weighted by molar-refractivity contribution is 6.10. The Morgan fingerprint density at radius 1 is 1.38 bits per heavy atom. The molecule has 0 aromatic heterocycles. The van der Waals surface area contributed by atoms with Gasteiger partial charge in [-0.05, 0) is 52.9 Å². The molecule has 29 heavy (non-hydrogen) atoms. The van der Waals surface area contributed by atoms with Crippen LogP contribution in [0.5, 0.6) is 0 Å². The zero-order valence-corrected chi connectivity index (χ0v) is 19.1. The SMILES string of the molecule is BCC(=C=C)N(CC(=C)CCC)CC(CCCNCC#N)NC(=O)OC(C)(C)C. The molecule has 1 unspecified atom stereocenters. The summed E-state index contributed by atoms with van der Waals surface area (Å²) in [5.41, 5.74) is 4.66. The number of rotatable bonds is 14. The average Bonchev–Trinajstić information content (AvgIpc) is 2.60. The molecule has 0 saturated carbocycles. The van der Waals surface area contributed by atoms with Crippen molar-refractivity contribution in [3.8, 4) is 6.07 Å². The molecule has 0 heterocycles. The van der Waals surface area contributed by atoms with E-state index in [0.717, 1.165) is 56.4 Å². The number of alkyl carbamates (subject to hydrolysis) is 1. The predicted octanol–water partition coefficient (Wildman–Crippen LogP) is 3.15. The van der Waals surface area contributed by atoms with Crippen LogP contribution in [0.25, 0.3) is 0 Å². The minimum Gasteiger partial charge on any atom is -0.444 e. The third-order valence-electron chi connectivity index (χ3n) is 4.21. The first kappa shape index (κ1) is 26.8. The monoisotopic (exact) mass is 402 g/mol. The van der Waals surface area contributed by atoms with Crippen molar-refractivity contribution in [1.82, 2.24) is 15.5 Å². The Kier molecular flexibility index (Phi) is 13.7. The van der Waals surface area contributed by atoms with E-state index in [0.29, 0.717) is 13.1 Å². The molecule has 0 spiro atoms. The van der Waals surface area contributed by atoms with Gasteiger partial charge in [0.05, 0.1) is 12.6 Å².